The number of hydrogen-bond acceptors (Lipinski definition) is 3. The van der Waals surface area contributed by atoms with Gasteiger partial charge in [-0.1, -0.05) is 11.6 Å². The van der Waals surface area contributed by atoms with Gasteiger partial charge in [-0.3, -0.25) is 0 Å². The van der Waals surface area contributed by atoms with Crippen LogP contribution in [0.2, 0.25) is 5.02 Å². The molecule has 1 rings (SSSR count). The molecular weight excluding hydrogens is 204 g/mol. The highest BCUT2D eigenvalue weighted by Crippen LogP contribution is 2.31. The highest BCUT2D eigenvalue weighted by atomic mass is 35.5. The molecule has 0 N–H and O–H groups in total. The fraction of sp³-hybridized carbons (Fsp3) is 0. The SMILES string of the molecule is Sc1ccc(Cl)c(S)c1S. The Morgan fingerprint density at radius 1 is 1.00 bits per heavy atom. The molecular formula is C6H5ClS3. The van der Waals surface area contributed by atoms with E-state index in [2.05, 4.69) is 37.9 Å². The Hall–Kier alpha value is 0.560. The second-order valence-electron chi connectivity index (χ2n) is 1.76. The van der Waals surface area contributed by atoms with Crippen molar-refractivity contribution in [1.82, 2.24) is 0 Å². The first kappa shape index (κ1) is 8.65. The summed E-state index contributed by atoms with van der Waals surface area (Å²) in [5.74, 6) is 0. The van der Waals surface area contributed by atoms with Crippen LogP contribution in [0.3, 0.4) is 0 Å². The van der Waals surface area contributed by atoms with Crippen molar-refractivity contribution in [3.05, 3.63) is 17.2 Å². The lowest BCUT2D eigenvalue weighted by atomic mass is 10.3. The number of hydrogen-bond donors (Lipinski definition) is 3. The standard InChI is InChI=1S/C6H5ClS3/c7-3-1-2-4(8)6(10)5(3)9/h1-2,8-10H. The zero-order valence-corrected chi connectivity index (χ0v) is 8.31. The van der Waals surface area contributed by atoms with Crippen LogP contribution in [-0.2, 0) is 0 Å². The van der Waals surface area contributed by atoms with Gasteiger partial charge in [0.2, 0.25) is 0 Å². The average molecular weight is 209 g/mol. The lowest BCUT2D eigenvalue weighted by Gasteiger charge is -2.02. The van der Waals surface area contributed by atoms with Crippen LogP contribution in [0.15, 0.2) is 26.8 Å². The van der Waals surface area contributed by atoms with E-state index in [1.165, 1.54) is 0 Å². The second-order valence-corrected chi connectivity index (χ2v) is 3.55. The highest BCUT2D eigenvalue weighted by Gasteiger charge is 2.02. The molecule has 0 aliphatic heterocycles. The van der Waals surface area contributed by atoms with Crippen molar-refractivity contribution in [2.75, 3.05) is 0 Å². The Balaban J connectivity index is 3.34. The van der Waals surface area contributed by atoms with Crippen molar-refractivity contribution in [2.45, 2.75) is 14.7 Å². The van der Waals surface area contributed by atoms with Crippen LogP contribution in [-0.4, -0.2) is 0 Å². The highest BCUT2D eigenvalue weighted by molar-refractivity contribution is 7.85. The van der Waals surface area contributed by atoms with E-state index in [0.29, 0.717) is 9.92 Å². The van der Waals surface area contributed by atoms with E-state index in [-0.39, 0.29) is 0 Å². The third-order valence-electron chi connectivity index (χ3n) is 1.08. The molecule has 4 heteroatoms. The van der Waals surface area contributed by atoms with Crippen LogP contribution in [0, 0.1) is 0 Å². The lowest BCUT2D eigenvalue weighted by molar-refractivity contribution is 1.14. The van der Waals surface area contributed by atoms with Crippen molar-refractivity contribution < 1.29 is 0 Å². The normalized spacial score (nSPS) is 10.0. The summed E-state index contributed by atoms with van der Waals surface area (Å²) in [6.07, 6.45) is 0. The van der Waals surface area contributed by atoms with E-state index in [4.69, 9.17) is 11.6 Å². The topological polar surface area (TPSA) is 0 Å². The molecule has 0 radical (unpaired) electrons. The summed E-state index contributed by atoms with van der Waals surface area (Å²) in [7, 11) is 0. The number of rotatable bonds is 0. The van der Waals surface area contributed by atoms with Crippen LogP contribution in [0.5, 0.6) is 0 Å². The molecule has 0 heterocycles. The summed E-state index contributed by atoms with van der Waals surface area (Å²) < 4.78 is 0. The van der Waals surface area contributed by atoms with Gasteiger partial charge < -0.3 is 0 Å². The van der Waals surface area contributed by atoms with Gasteiger partial charge in [-0.15, -0.1) is 37.9 Å². The van der Waals surface area contributed by atoms with E-state index in [9.17, 15) is 0 Å². The quantitative estimate of drug-likeness (QED) is 0.536. The van der Waals surface area contributed by atoms with Crippen molar-refractivity contribution in [3.8, 4) is 0 Å². The largest absolute Gasteiger partial charge is 0.142 e. The zero-order chi connectivity index (χ0) is 7.72. The molecule has 10 heavy (non-hydrogen) atoms. The molecule has 0 aliphatic carbocycles. The minimum Gasteiger partial charge on any atom is -0.142 e. The van der Waals surface area contributed by atoms with Crippen LogP contribution in [0.4, 0.5) is 0 Å². The molecule has 0 aliphatic rings. The molecule has 0 saturated carbocycles. The molecule has 1 aromatic rings. The minimum absolute atomic E-state index is 0.603. The fourth-order valence-electron chi connectivity index (χ4n) is 0.544. The van der Waals surface area contributed by atoms with E-state index in [1.807, 2.05) is 0 Å². The summed E-state index contributed by atoms with van der Waals surface area (Å²) in [6.45, 7) is 0. The van der Waals surface area contributed by atoms with Gasteiger partial charge in [0.1, 0.15) is 0 Å². The summed E-state index contributed by atoms with van der Waals surface area (Å²) in [4.78, 5) is 2.19. The van der Waals surface area contributed by atoms with Crippen molar-refractivity contribution >= 4 is 49.5 Å². The molecule has 0 unspecified atom stereocenters. The third-order valence-corrected chi connectivity index (χ3v) is 3.18. The predicted octanol–water partition coefficient (Wildman–Crippen LogP) is 3.21. The van der Waals surface area contributed by atoms with Gasteiger partial charge in [0, 0.05) is 14.7 Å². The molecule has 0 spiro atoms. The Bertz CT molecular complexity index is 232. The number of halogens is 1. The monoisotopic (exact) mass is 208 g/mol. The second kappa shape index (κ2) is 3.30. The first-order valence-electron chi connectivity index (χ1n) is 2.52. The Kier molecular flexibility index (Phi) is 2.86. The maximum absolute atomic E-state index is 5.73. The average Bonchev–Trinajstić information content (AvgIpc) is 1.93. The fourth-order valence-corrected chi connectivity index (χ4v) is 1.43. The van der Waals surface area contributed by atoms with E-state index < -0.39 is 0 Å². The molecule has 0 nitrogen and oxygen atoms in total. The summed E-state index contributed by atoms with van der Waals surface area (Å²) >= 11 is 18.1. The van der Waals surface area contributed by atoms with Gasteiger partial charge in [-0.05, 0) is 12.1 Å². The van der Waals surface area contributed by atoms with E-state index in [0.717, 1.165) is 9.79 Å². The summed E-state index contributed by atoms with van der Waals surface area (Å²) in [5, 5.41) is 0.603. The van der Waals surface area contributed by atoms with Crippen LogP contribution in [0.25, 0.3) is 0 Å². The Morgan fingerprint density at radius 3 is 2.10 bits per heavy atom. The summed E-state index contributed by atoms with van der Waals surface area (Å²) in [5.41, 5.74) is 0. The molecule has 54 valence electrons. The lowest BCUT2D eigenvalue weighted by Crippen LogP contribution is -1.75. The number of benzene rings is 1. The molecule has 1 aromatic carbocycles. The van der Waals surface area contributed by atoms with Gasteiger partial charge in [0.15, 0.2) is 0 Å². The Morgan fingerprint density at radius 2 is 1.60 bits per heavy atom. The third kappa shape index (κ3) is 1.59. The first-order chi connectivity index (χ1) is 4.63. The van der Waals surface area contributed by atoms with Gasteiger partial charge in [-0.25, -0.2) is 0 Å². The van der Waals surface area contributed by atoms with Crippen LogP contribution < -0.4 is 0 Å². The molecule has 0 aromatic heterocycles. The van der Waals surface area contributed by atoms with Crippen LogP contribution >= 0.6 is 49.5 Å². The zero-order valence-electron chi connectivity index (χ0n) is 4.87. The van der Waals surface area contributed by atoms with Gasteiger partial charge in [0.05, 0.1) is 5.02 Å². The molecule has 0 bridgehead atoms. The molecule has 0 saturated heterocycles. The first-order valence-corrected chi connectivity index (χ1v) is 4.24. The Labute approximate surface area is 81.2 Å². The van der Waals surface area contributed by atoms with E-state index in [1.54, 1.807) is 12.1 Å². The molecule has 0 fully saturated rings. The van der Waals surface area contributed by atoms with Crippen molar-refractivity contribution in [3.63, 3.8) is 0 Å². The minimum atomic E-state index is 0.603. The van der Waals surface area contributed by atoms with Gasteiger partial charge in [0.25, 0.3) is 0 Å². The smallest absolute Gasteiger partial charge is 0.0551 e. The van der Waals surface area contributed by atoms with Crippen molar-refractivity contribution in [1.29, 1.82) is 0 Å². The van der Waals surface area contributed by atoms with E-state index >= 15 is 0 Å². The molecule has 0 atom stereocenters. The maximum Gasteiger partial charge on any atom is 0.0551 e. The summed E-state index contributed by atoms with van der Waals surface area (Å²) in [6, 6.07) is 3.53. The maximum atomic E-state index is 5.73. The molecule has 0 amide bonds. The van der Waals surface area contributed by atoms with Gasteiger partial charge in [-0.2, -0.15) is 0 Å². The van der Waals surface area contributed by atoms with Gasteiger partial charge >= 0.3 is 0 Å². The number of thiol groups is 3. The van der Waals surface area contributed by atoms with Crippen LogP contribution in [0.1, 0.15) is 0 Å². The van der Waals surface area contributed by atoms with Crippen molar-refractivity contribution in [2.24, 2.45) is 0 Å². The predicted molar refractivity (Wildman–Crippen MR) is 53.2 cm³/mol.